The molecule has 176 valence electrons. The Morgan fingerprint density at radius 3 is 2.56 bits per heavy atom. The molecule has 9 heteroatoms. The van der Waals surface area contributed by atoms with Crippen molar-refractivity contribution in [1.29, 1.82) is 0 Å². The quantitative estimate of drug-likeness (QED) is 0.544. The highest BCUT2D eigenvalue weighted by atomic mass is 16.7. The number of nitrogens with zero attached hydrogens (tertiary/aromatic N) is 1. The Kier molecular flexibility index (Phi) is 8.22. The fraction of sp³-hybridized carbons (Fsp3) is 0.609. The third-order valence-corrected chi connectivity index (χ3v) is 5.84. The first-order valence-corrected chi connectivity index (χ1v) is 11.1. The molecule has 1 aromatic carbocycles. The van der Waals surface area contributed by atoms with Gasteiger partial charge >= 0.3 is 11.9 Å². The molecule has 2 saturated heterocycles. The second-order valence-corrected chi connectivity index (χ2v) is 8.20. The second-order valence-electron chi connectivity index (χ2n) is 8.20. The lowest BCUT2D eigenvalue weighted by Gasteiger charge is -2.33. The lowest BCUT2D eigenvalue weighted by molar-refractivity contribution is -0.257. The number of carbonyl (C=O) groups excluding carboxylic acids is 2. The van der Waals surface area contributed by atoms with E-state index < -0.39 is 41.8 Å². The third kappa shape index (κ3) is 5.85. The lowest BCUT2D eigenvalue weighted by Crippen LogP contribution is -2.54. The van der Waals surface area contributed by atoms with Crippen molar-refractivity contribution in [2.24, 2.45) is 0 Å². The Morgan fingerprint density at radius 1 is 1.25 bits per heavy atom. The number of nitrogens with one attached hydrogen (secondary N) is 1. The van der Waals surface area contributed by atoms with Crippen molar-refractivity contribution < 1.29 is 33.7 Å². The van der Waals surface area contributed by atoms with Crippen molar-refractivity contribution in [3.63, 3.8) is 0 Å². The van der Waals surface area contributed by atoms with Crippen LogP contribution in [0.25, 0.3) is 0 Å². The molecule has 1 aromatic rings. The van der Waals surface area contributed by atoms with Gasteiger partial charge in [-0.15, -0.1) is 0 Å². The molecule has 0 aliphatic carbocycles. The number of amides is 1. The van der Waals surface area contributed by atoms with E-state index in [1.54, 1.807) is 13.8 Å². The van der Waals surface area contributed by atoms with Crippen LogP contribution >= 0.6 is 0 Å². The first-order chi connectivity index (χ1) is 15.3. The first-order valence-electron chi connectivity index (χ1n) is 11.1. The summed E-state index contributed by atoms with van der Waals surface area (Å²) in [5, 5.41) is 12.7. The maximum Gasteiger partial charge on any atom is 0.326 e. The molecule has 0 radical (unpaired) electrons. The van der Waals surface area contributed by atoms with Gasteiger partial charge in [-0.05, 0) is 38.7 Å². The first kappa shape index (κ1) is 24.2. The zero-order valence-corrected chi connectivity index (χ0v) is 18.6. The highest BCUT2D eigenvalue weighted by molar-refractivity contribution is 5.88. The van der Waals surface area contributed by atoms with Crippen LogP contribution in [-0.4, -0.2) is 78.1 Å². The predicted molar refractivity (Wildman–Crippen MR) is 115 cm³/mol. The highest BCUT2D eigenvalue weighted by Crippen LogP contribution is 2.34. The van der Waals surface area contributed by atoms with Crippen LogP contribution in [0.5, 0.6) is 0 Å². The Balaban J connectivity index is 1.68. The summed E-state index contributed by atoms with van der Waals surface area (Å²) < 4.78 is 16.7. The summed E-state index contributed by atoms with van der Waals surface area (Å²) >= 11 is 0. The van der Waals surface area contributed by atoms with E-state index in [2.05, 4.69) is 5.32 Å². The summed E-state index contributed by atoms with van der Waals surface area (Å²) in [6.45, 7) is 4.56. The summed E-state index contributed by atoms with van der Waals surface area (Å²) in [5.41, 5.74) is 1.07. The maximum absolute atomic E-state index is 13.2. The molecule has 2 aliphatic heterocycles. The number of carbonyl (C=O) groups is 3. The molecule has 0 bridgehead atoms. The Morgan fingerprint density at radius 2 is 1.94 bits per heavy atom. The van der Waals surface area contributed by atoms with Gasteiger partial charge in [-0.1, -0.05) is 30.3 Å². The van der Waals surface area contributed by atoms with Gasteiger partial charge in [-0.2, -0.15) is 0 Å². The minimum absolute atomic E-state index is 0.0446. The SMILES string of the molecule is CCOC(=O)[C@H](CCc1ccccc1)NC(C)C(=O)N1CC2(C[C@H]1C(=O)O)OCCCO2. The van der Waals surface area contributed by atoms with Crippen LogP contribution in [0.3, 0.4) is 0 Å². The summed E-state index contributed by atoms with van der Waals surface area (Å²) in [6.07, 6.45) is 1.88. The predicted octanol–water partition coefficient (Wildman–Crippen LogP) is 1.35. The minimum Gasteiger partial charge on any atom is -0.480 e. The van der Waals surface area contributed by atoms with E-state index in [4.69, 9.17) is 14.2 Å². The van der Waals surface area contributed by atoms with Crippen LogP contribution in [0.1, 0.15) is 38.7 Å². The van der Waals surface area contributed by atoms with Gasteiger partial charge in [0.2, 0.25) is 5.91 Å². The van der Waals surface area contributed by atoms with Crippen LogP contribution in [-0.2, 0) is 35.0 Å². The van der Waals surface area contributed by atoms with Crippen molar-refractivity contribution in [3.05, 3.63) is 35.9 Å². The molecule has 9 nitrogen and oxygen atoms in total. The fourth-order valence-electron chi connectivity index (χ4n) is 4.21. The number of aliphatic carboxylic acids is 1. The average molecular weight is 449 g/mol. The van der Waals surface area contributed by atoms with Gasteiger partial charge in [-0.25, -0.2) is 4.79 Å². The van der Waals surface area contributed by atoms with Crippen molar-refractivity contribution >= 4 is 17.8 Å². The normalized spacial score (nSPS) is 21.8. The Bertz CT molecular complexity index is 795. The van der Waals surface area contributed by atoms with Crippen LogP contribution < -0.4 is 5.32 Å². The summed E-state index contributed by atoms with van der Waals surface area (Å²) in [7, 11) is 0. The fourth-order valence-corrected chi connectivity index (χ4v) is 4.21. The number of hydrogen-bond acceptors (Lipinski definition) is 7. The van der Waals surface area contributed by atoms with Gasteiger partial charge < -0.3 is 24.2 Å². The summed E-state index contributed by atoms with van der Waals surface area (Å²) in [5.74, 6) is -3.04. The van der Waals surface area contributed by atoms with Gasteiger partial charge in [-0.3, -0.25) is 14.9 Å². The minimum atomic E-state index is -1.11. The Labute approximate surface area is 188 Å². The molecular formula is C23H32N2O7. The van der Waals surface area contributed by atoms with E-state index in [9.17, 15) is 19.5 Å². The topological polar surface area (TPSA) is 114 Å². The molecule has 2 fully saturated rings. The average Bonchev–Trinajstić information content (AvgIpc) is 3.16. The van der Waals surface area contributed by atoms with E-state index in [-0.39, 0.29) is 19.6 Å². The number of aryl methyl sites for hydroxylation is 1. The molecule has 32 heavy (non-hydrogen) atoms. The monoisotopic (exact) mass is 448 g/mol. The smallest absolute Gasteiger partial charge is 0.326 e. The molecule has 0 saturated carbocycles. The van der Waals surface area contributed by atoms with Gasteiger partial charge in [0.15, 0.2) is 5.79 Å². The number of likely N-dealkylation sites (tertiary alicyclic amines) is 1. The number of carboxylic acid groups (broad SMARTS) is 1. The van der Waals surface area contributed by atoms with E-state index in [1.165, 1.54) is 4.90 Å². The van der Waals surface area contributed by atoms with E-state index in [0.29, 0.717) is 26.1 Å². The van der Waals surface area contributed by atoms with Gasteiger partial charge in [0.1, 0.15) is 12.1 Å². The van der Waals surface area contributed by atoms with Crippen molar-refractivity contribution in [2.75, 3.05) is 26.4 Å². The number of rotatable bonds is 9. The zero-order valence-electron chi connectivity index (χ0n) is 18.6. The molecule has 0 aromatic heterocycles. The number of hydrogen-bond donors (Lipinski definition) is 2. The lowest BCUT2D eigenvalue weighted by atomic mass is 10.0. The molecule has 2 aliphatic rings. The van der Waals surface area contributed by atoms with Crippen molar-refractivity contribution in [2.45, 2.75) is 63.4 Å². The number of benzene rings is 1. The zero-order chi connectivity index (χ0) is 23.1. The highest BCUT2D eigenvalue weighted by Gasteiger charge is 2.52. The molecule has 3 rings (SSSR count). The summed E-state index contributed by atoms with van der Waals surface area (Å²) in [4.78, 5) is 38.9. The molecule has 1 spiro atoms. The van der Waals surface area contributed by atoms with Crippen molar-refractivity contribution in [1.82, 2.24) is 10.2 Å². The number of carboxylic acids is 1. The number of ether oxygens (including phenoxy) is 3. The standard InChI is InChI=1S/C23H32N2O7/c1-3-30-22(29)18(11-10-17-8-5-4-6-9-17)24-16(2)20(26)25-15-23(14-19(25)21(27)28)31-12-7-13-32-23/h4-6,8-9,16,18-19,24H,3,7,10-15H2,1-2H3,(H,27,28)/t16?,18-,19-/m0/s1. The van der Waals surface area contributed by atoms with E-state index >= 15 is 0 Å². The van der Waals surface area contributed by atoms with Gasteiger partial charge in [0, 0.05) is 6.42 Å². The van der Waals surface area contributed by atoms with Crippen LogP contribution in [0.2, 0.25) is 0 Å². The van der Waals surface area contributed by atoms with Crippen LogP contribution in [0, 0.1) is 0 Å². The van der Waals surface area contributed by atoms with Gasteiger partial charge in [0.25, 0.3) is 0 Å². The largest absolute Gasteiger partial charge is 0.480 e. The molecule has 2 N–H and O–H groups in total. The van der Waals surface area contributed by atoms with Crippen LogP contribution in [0.4, 0.5) is 0 Å². The second kappa shape index (κ2) is 10.9. The maximum atomic E-state index is 13.2. The van der Waals surface area contributed by atoms with E-state index in [0.717, 1.165) is 12.0 Å². The Hall–Kier alpha value is -2.49. The molecule has 1 unspecified atom stereocenters. The van der Waals surface area contributed by atoms with Crippen molar-refractivity contribution in [3.8, 4) is 0 Å². The molecule has 2 heterocycles. The summed E-state index contributed by atoms with van der Waals surface area (Å²) in [6, 6.07) is 7.20. The molecular weight excluding hydrogens is 416 g/mol. The van der Waals surface area contributed by atoms with Crippen LogP contribution in [0.15, 0.2) is 30.3 Å². The van der Waals surface area contributed by atoms with E-state index in [1.807, 2.05) is 30.3 Å². The third-order valence-electron chi connectivity index (χ3n) is 5.84. The van der Waals surface area contributed by atoms with Gasteiger partial charge in [0.05, 0.1) is 32.4 Å². The molecule has 3 atom stereocenters. The number of esters is 1. The molecule has 1 amide bonds.